The van der Waals surface area contributed by atoms with Gasteiger partial charge in [0.25, 0.3) is 0 Å². The van der Waals surface area contributed by atoms with Crippen LogP contribution in [0.15, 0.2) is 18.2 Å². The van der Waals surface area contributed by atoms with E-state index < -0.39 is 13.5 Å². The Kier molecular flexibility index (Phi) is 5.78. The number of halogens is 2. The van der Waals surface area contributed by atoms with E-state index in [4.69, 9.17) is 24.1 Å². The summed E-state index contributed by atoms with van der Waals surface area (Å²) in [5, 5.41) is 0. The number of carbonyl (C=O) groups is 1. The molecule has 2 nitrogen and oxygen atoms in total. The van der Waals surface area contributed by atoms with Crippen molar-refractivity contribution in [3.05, 3.63) is 29.3 Å². The van der Waals surface area contributed by atoms with Crippen molar-refractivity contribution in [3.8, 4) is 5.75 Å². The van der Waals surface area contributed by atoms with Crippen molar-refractivity contribution in [1.82, 2.24) is 0 Å². The summed E-state index contributed by atoms with van der Waals surface area (Å²) in [6.07, 6.45) is 0.0663. The fraction of sp³-hybridized carbons (Fsp3) is 0.333. The second-order valence-electron chi connectivity index (χ2n) is 3.78. The fourth-order valence-electron chi connectivity index (χ4n) is 1.29. The zero-order chi connectivity index (χ0) is 13.0. The van der Waals surface area contributed by atoms with Crippen LogP contribution in [0.4, 0.5) is 0 Å². The van der Waals surface area contributed by atoms with Crippen LogP contribution in [0, 0.1) is 0 Å². The first-order chi connectivity index (χ1) is 7.90. The quantitative estimate of drug-likeness (QED) is 0.602. The minimum atomic E-state index is -1.93. The summed E-state index contributed by atoms with van der Waals surface area (Å²) in [5.74, 6) is 0.726. The second kappa shape index (κ2) is 6.63. The molecule has 0 unspecified atom stereocenters. The molecule has 17 heavy (non-hydrogen) atoms. The number of Topliss-reactive ketones (excluding diaryl/α,β-unsaturated/α-hetero) is 1. The Labute approximate surface area is 114 Å². The first-order valence-corrected chi connectivity index (χ1v) is 10.5. The number of hydrogen-bond acceptors (Lipinski definition) is 2. The molecular formula is C12H14Cl2O2Ru. The summed E-state index contributed by atoms with van der Waals surface area (Å²) in [5.41, 5.74) is 1.44. The third-order valence-corrected chi connectivity index (χ3v) is 3.80. The predicted octanol–water partition coefficient (Wildman–Crippen LogP) is 3.75. The van der Waals surface area contributed by atoms with Crippen molar-refractivity contribution < 1.29 is 23.0 Å². The first-order valence-electron chi connectivity index (χ1n) is 5.05. The van der Waals surface area contributed by atoms with Crippen LogP contribution in [-0.2, 0) is 13.5 Å². The second-order valence-corrected chi connectivity index (χ2v) is 9.51. The van der Waals surface area contributed by atoms with Crippen LogP contribution in [0.3, 0.4) is 0 Å². The van der Waals surface area contributed by atoms with E-state index >= 15 is 0 Å². The van der Waals surface area contributed by atoms with Gasteiger partial charge in [-0.05, 0) is 0 Å². The van der Waals surface area contributed by atoms with Gasteiger partial charge in [-0.15, -0.1) is 0 Å². The van der Waals surface area contributed by atoms with Gasteiger partial charge in [-0.2, -0.15) is 0 Å². The Hall–Kier alpha value is -0.237. The van der Waals surface area contributed by atoms with Gasteiger partial charge in [0.2, 0.25) is 0 Å². The Morgan fingerprint density at radius 1 is 1.41 bits per heavy atom. The topological polar surface area (TPSA) is 26.3 Å². The van der Waals surface area contributed by atoms with Crippen LogP contribution < -0.4 is 4.74 Å². The molecule has 0 atom stereocenters. The molecule has 0 aromatic heterocycles. The molecule has 0 aliphatic carbocycles. The molecule has 0 aliphatic heterocycles. The van der Waals surface area contributed by atoms with Gasteiger partial charge in [0.15, 0.2) is 0 Å². The van der Waals surface area contributed by atoms with E-state index in [0.29, 0.717) is 11.3 Å². The SMILES string of the molecule is CC(=O)c1ccc(OC(C)C)c([CH]=[Ru]([Cl])[Cl])c1. The molecule has 0 aliphatic rings. The van der Waals surface area contributed by atoms with Crippen LogP contribution in [-0.4, -0.2) is 16.5 Å². The number of benzene rings is 1. The van der Waals surface area contributed by atoms with Crippen LogP contribution in [0.1, 0.15) is 36.7 Å². The van der Waals surface area contributed by atoms with Gasteiger partial charge >= 0.3 is 115 Å². The number of carbonyl (C=O) groups excluding carboxylic acids is 1. The molecular weight excluding hydrogens is 348 g/mol. The number of ether oxygens (including phenoxy) is 1. The van der Waals surface area contributed by atoms with Gasteiger partial charge in [-0.3, -0.25) is 0 Å². The number of rotatable bonds is 4. The molecule has 0 spiro atoms. The molecule has 1 rings (SSSR count). The van der Waals surface area contributed by atoms with E-state index in [2.05, 4.69) is 0 Å². The standard InChI is InChI=1S/C12H14O2.2ClH.Ru/c1-8(2)14-12-6-5-11(10(4)13)7-9(12)3;;;/h3,5-8H,1-2,4H3;2*1H;/q;;;+2/p-2. The Bertz CT molecular complexity index is 452. The van der Waals surface area contributed by atoms with Crippen LogP contribution in [0.2, 0.25) is 0 Å². The van der Waals surface area contributed by atoms with Gasteiger partial charge in [-0.25, -0.2) is 0 Å². The third-order valence-electron chi connectivity index (χ3n) is 1.97. The molecule has 1 aromatic carbocycles. The van der Waals surface area contributed by atoms with Crippen LogP contribution in [0.5, 0.6) is 5.75 Å². The van der Waals surface area contributed by atoms with Crippen molar-refractivity contribution in [3.63, 3.8) is 0 Å². The number of ketones is 1. The van der Waals surface area contributed by atoms with Gasteiger partial charge in [0, 0.05) is 0 Å². The summed E-state index contributed by atoms with van der Waals surface area (Å²) in [4.78, 5) is 11.3. The molecule has 5 heteroatoms. The summed E-state index contributed by atoms with van der Waals surface area (Å²) >= 11 is -1.93. The average molecular weight is 362 g/mol. The summed E-state index contributed by atoms with van der Waals surface area (Å²) in [6.45, 7) is 5.41. The first kappa shape index (κ1) is 14.8. The van der Waals surface area contributed by atoms with E-state index in [1.54, 1.807) is 22.8 Å². The van der Waals surface area contributed by atoms with Gasteiger partial charge in [0.05, 0.1) is 0 Å². The zero-order valence-corrected chi connectivity index (χ0v) is 13.1. The van der Waals surface area contributed by atoms with Crippen molar-refractivity contribution in [2.24, 2.45) is 0 Å². The van der Waals surface area contributed by atoms with Gasteiger partial charge in [-0.1, -0.05) is 0 Å². The van der Waals surface area contributed by atoms with Crippen LogP contribution in [0.25, 0.3) is 0 Å². The normalized spacial score (nSPS) is 11.3. The third kappa shape index (κ3) is 4.87. The molecule has 1 aromatic rings. The molecule has 0 amide bonds. The predicted molar refractivity (Wildman–Crippen MR) is 69.1 cm³/mol. The Balaban J connectivity index is 3.21. The summed E-state index contributed by atoms with van der Waals surface area (Å²) in [6, 6.07) is 5.30. The van der Waals surface area contributed by atoms with Gasteiger partial charge < -0.3 is 0 Å². The van der Waals surface area contributed by atoms with Crippen molar-refractivity contribution in [2.45, 2.75) is 26.9 Å². The van der Waals surface area contributed by atoms with E-state index in [1.165, 1.54) is 6.92 Å². The molecule has 0 fully saturated rings. The molecule has 0 saturated carbocycles. The molecule has 0 heterocycles. The van der Waals surface area contributed by atoms with Crippen LogP contribution >= 0.6 is 19.4 Å². The van der Waals surface area contributed by atoms with E-state index in [9.17, 15) is 4.79 Å². The Morgan fingerprint density at radius 2 is 2.06 bits per heavy atom. The van der Waals surface area contributed by atoms with E-state index in [0.717, 1.165) is 5.56 Å². The molecule has 0 radical (unpaired) electrons. The van der Waals surface area contributed by atoms with Crippen molar-refractivity contribution in [1.29, 1.82) is 0 Å². The Morgan fingerprint density at radius 3 is 2.53 bits per heavy atom. The zero-order valence-electron chi connectivity index (χ0n) is 9.81. The van der Waals surface area contributed by atoms with E-state index in [1.807, 2.05) is 13.8 Å². The molecule has 0 N–H and O–H groups in total. The fourth-order valence-corrected chi connectivity index (χ4v) is 3.08. The monoisotopic (exact) mass is 362 g/mol. The maximum absolute atomic E-state index is 11.3. The number of hydrogen-bond donors (Lipinski definition) is 0. The summed E-state index contributed by atoms with van der Waals surface area (Å²) in [7, 11) is 11.7. The van der Waals surface area contributed by atoms with E-state index in [-0.39, 0.29) is 11.9 Å². The van der Waals surface area contributed by atoms with Crippen molar-refractivity contribution >= 4 is 29.8 Å². The maximum atomic E-state index is 11.3. The average Bonchev–Trinajstić information content (AvgIpc) is 2.18. The molecule has 96 valence electrons. The minimum absolute atomic E-state index is 0.0126. The van der Waals surface area contributed by atoms with Gasteiger partial charge in [0.1, 0.15) is 0 Å². The van der Waals surface area contributed by atoms with Crippen molar-refractivity contribution in [2.75, 3.05) is 0 Å². The summed E-state index contributed by atoms with van der Waals surface area (Å²) < 4.78 is 7.43. The molecule has 0 saturated heterocycles. The molecule has 0 bridgehead atoms.